The summed E-state index contributed by atoms with van der Waals surface area (Å²) in [5.41, 5.74) is 4.67. The first kappa shape index (κ1) is 20.0. The topological polar surface area (TPSA) is 6.48 Å². The number of anilines is 4. The summed E-state index contributed by atoms with van der Waals surface area (Å²) in [6.45, 7) is 13.6. The maximum Gasteiger partial charge on any atom is 0.0657 e. The van der Waals surface area contributed by atoms with Gasteiger partial charge in [-0.1, -0.05) is 48.5 Å². The Kier molecular flexibility index (Phi) is 5.51. The lowest BCUT2D eigenvalue weighted by molar-refractivity contribution is 0.546. The van der Waals surface area contributed by atoms with Gasteiger partial charge in [-0.3, -0.25) is 0 Å². The minimum atomic E-state index is -0.0717. The van der Waals surface area contributed by atoms with Crippen LogP contribution < -0.4 is 9.80 Å². The lowest BCUT2D eigenvalue weighted by Gasteiger charge is -2.44. The van der Waals surface area contributed by atoms with Gasteiger partial charge in [0, 0.05) is 22.5 Å². The van der Waals surface area contributed by atoms with Gasteiger partial charge in [0.15, 0.2) is 0 Å². The van der Waals surface area contributed by atoms with Gasteiger partial charge in [0.25, 0.3) is 0 Å². The zero-order valence-corrected chi connectivity index (χ0v) is 18.0. The highest BCUT2D eigenvalue weighted by Crippen LogP contribution is 2.44. The van der Waals surface area contributed by atoms with Crippen molar-refractivity contribution in [1.29, 1.82) is 0 Å². The van der Waals surface area contributed by atoms with E-state index in [1.165, 1.54) is 22.7 Å². The smallest absolute Gasteiger partial charge is 0.0657 e. The lowest BCUT2D eigenvalue weighted by Crippen LogP contribution is -2.41. The first-order valence-electron chi connectivity index (χ1n) is 9.99. The van der Waals surface area contributed by atoms with Crippen molar-refractivity contribution in [2.24, 2.45) is 0 Å². The van der Waals surface area contributed by atoms with Gasteiger partial charge in [-0.05, 0) is 77.9 Å². The molecule has 3 aromatic carbocycles. The molecule has 3 rings (SSSR count). The third-order valence-corrected chi connectivity index (χ3v) is 4.73. The second kappa shape index (κ2) is 7.71. The Labute approximate surface area is 170 Å². The molecule has 3 aromatic rings. The number of para-hydroxylation sites is 4. The average molecular weight is 373 g/mol. The summed E-state index contributed by atoms with van der Waals surface area (Å²) in [4.78, 5) is 4.87. The molecule has 28 heavy (non-hydrogen) atoms. The van der Waals surface area contributed by atoms with Crippen molar-refractivity contribution in [3.05, 3.63) is 84.9 Å². The van der Waals surface area contributed by atoms with Gasteiger partial charge in [0.05, 0.1) is 11.4 Å². The third-order valence-electron chi connectivity index (χ3n) is 4.73. The van der Waals surface area contributed by atoms with E-state index in [9.17, 15) is 0 Å². The van der Waals surface area contributed by atoms with Crippen LogP contribution in [0.4, 0.5) is 22.7 Å². The third kappa shape index (κ3) is 4.22. The van der Waals surface area contributed by atoms with Gasteiger partial charge in [-0.2, -0.15) is 0 Å². The van der Waals surface area contributed by atoms with Crippen LogP contribution >= 0.6 is 0 Å². The molecule has 0 aliphatic carbocycles. The fourth-order valence-corrected chi connectivity index (χ4v) is 3.77. The van der Waals surface area contributed by atoms with Crippen molar-refractivity contribution in [3.8, 4) is 0 Å². The van der Waals surface area contributed by atoms with Crippen molar-refractivity contribution in [2.45, 2.75) is 52.6 Å². The zero-order valence-electron chi connectivity index (χ0n) is 18.0. The molecular formula is C26H32N2. The molecule has 0 aliphatic heterocycles. The zero-order chi connectivity index (χ0) is 20.4. The summed E-state index contributed by atoms with van der Waals surface area (Å²) >= 11 is 0. The molecule has 0 fully saturated rings. The number of rotatable bonds is 4. The second-order valence-corrected chi connectivity index (χ2v) is 9.17. The minimum absolute atomic E-state index is 0.0717. The monoisotopic (exact) mass is 372 g/mol. The molecule has 0 radical (unpaired) electrons. The van der Waals surface area contributed by atoms with Crippen LogP contribution in [0.3, 0.4) is 0 Å². The molecule has 0 amide bonds. The quantitative estimate of drug-likeness (QED) is 0.466. The lowest BCUT2D eigenvalue weighted by atomic mass is 9.99. The average Bonchev–Trinajstić information content (AvgIpc) is 2.63. The summed E-state index contributed by atoms with van der Waals surface area (Å²) in [6.07, 6.45) is 0. The normalized spacial score (nSPS) is 11.9. The Bertz CT molecular complexity index is 810. The second-order valence-electron chi connectivity index (χ2n) is 9.17. The molecule has 0 heterocycles. The maximum atomic E-state index is 2.43. The van der Waals surface area contributed by atoms with E-state index in [0.29, 0.717) is 0 Å². The van der Waals surface area contributed by atoms with Crippen LogP contribution in [-0.4, -0.2) is 11.1 Å². The van der Waals surface area contributed by atoms with Crippen LogP contribution in [0, 0.1) is 0 Å². The highest BCUT2D eigenvalue weighted by Gasteiger charge is 2.30. The summed E-state index contributed by atoms with van der Waals surface area (Å²) in [7, 11) is 0. The van der Waals surface area contributed by atoms with Crippen molar-refractivity contribution >= 4 is 22.7 Å². The van der Waals surface area contributed by atoms with Crippen molar-refractivity contribution in [3.63, 3.8) is 0 Å². The highest BCUT2D eigenvalue weighted by molar-refractivity contribution is 5.83. The van der Waals surface area contributed by atoms with E-state index < -0.39 is 0 Å². The molecule has 0 aromatic heterocycles. The fourth-order valence-electron chi connectivity index (χ4n) is 3.77. The Morgan fingerprint density at radius 1 is 0.429 bits per heavy atom. The Morgan fingerprint density at radius 2 is 0.714 bits per heavy atom. The van der Waals surface area contributed by atoms with E-state index in [1.807, 2.05) is 0 Å². The van der Waals surface area contributed by atoms with Gasteiger partial charge in [-0.25, -0.2) is 0 Å². The summed E-state index contributed by atoms with van der Waals surface area (Å²) in [5, 5.41) is 0. The molecule has 0 spiro atoms. The number of hydrogen-bond acceptors (Lipinski definition) is 2. The Morgan fingerprint density at radius 3 is 1.00 bits per heavy atom. The van der Waals surface area contributed by atoms with Gasteiger partial charge in [0.1, 0.15) is 0 Å². The molecule has 0 N–H and O–H groups in total. The molecule has 0 bridgehead atoms. The van der Waals surface area contributed by atoms with Crippen LogP contribution in [0.15, 0.2) is 84.9 Å². The van der Waals surface area contributed by atoms with Crippen LogP contribution in [0.1, 0.15) is 41.5 Å². The number of hydrogen-bond donors (Lipinski definition) is 0. The van der Waals surface area contributed by atoms with Gasteiger partial charge >= 0.3 is 0 Å². The molecular weight excluding hydrogens is 340 g/mol. The van der Waals surface area contributed by atoms with E-state index in [4.69, 9.17) is 0 Å². The largest absolute Gasteiger partial charge is 0.334 e. The minimum Gasteiger partial charge on any atom is -0.334 e. The molecule has 0 saturated carbocycles. The molecule has 2 nitrogen and oxygen atoms in total. The summed E-state index contributed by atoms with van der Waals surface area (Å²) < 4.78 is 0. The predicted octanol–water partition coefficient (Wildman–Crippen LogP) is 7.56. The Hall–Kier alpha value is -2.74. The number of benzene rings is 3. The molecule has 0 aliphatic rings. The maximum absolute atomic E-state index is 2.43. The molecule has 2 heteroatoms. The van der Waals surface area contributed by atoms with E-state index in [2.05, 4.69) is 136 Å². The standard InChI is InChI=1S/C26H32N2/c1-25(2,3)27(21-15-9-7-10-16-21)23-19-13-14-20-24(23)28(26(4,5)6)22-17-11-8-12-18-22/h7-20H,1-6H3. The van der Waals surface area contributed by atoms with Gasteiger partial charge in [-0.15, -0.1) is 0 Å². The predicted molar refractivity (Wildman–Crippen MR) is 123 cm³/mol. The molecule has 0 saturated heterocycles. The SMILES string of the molecule is CC(C)(C)N(c1ccccc1)c1ccccc1N(c1ccccc1)C(C)(C)C. The molecule has 146 valence electrons. The van der Waals surface area contributed by atoms with E-state index in [0.717, 1.165) is 0 Å². The molecule has 0 atom stereocenters. The van der Waals surface area contributed by atoms with Crippen LogP contribution in [0.25, 0.3) is 0 Å². The Balaban J connectivity index is 2.24. The summed E-state index contributed by atoms with van der Waals surface area (Å²) in [6, 6.07) is 30.0. The number of nitrogens with zero attached hydrogens (tertiary/aromatic N) is 2. The first-order chi connectivity index (χ1) is 13.2. The highest BCUT2D eigenvalue weighted by atomic mass is 15.3. The van der Waals surface area contributed by atoms with Crippen LogP contribution in [0.5, 0.6) is 0 Å². The van der Waals surface area contributed by atoms with E-state index in [1.54, 1.807) is 0 Å². The van der Waals surface area contributed by atoms with Crippen molar-refractivity contribution in [1.82, 2.24) is 0 Å². The van der Waals surface area contributed by atoms with Gasteiger partial charge < -0.3 is 9.80 Å². The van der Waals surface area contributed by atoms with Crippen LogP contribution in [-0.2, 0) is 0 Å². The van der Waals surface area contributed by atoms with Crippen molar-refractivity contribution < 1.29 is 0 Å². The summed E-state index contributed by atoms with van der Waals surface area (Å²) in [5.74, 6) is 0. The molecule has 0 unspecified atom stereocenters. The van der Waals surface area contributed by atoms with Crippen LogP contribution in [0.2, 0.25) is 0 Å². The fraction of sp³-hybridized carbons (Fsp3) is 0.308. The van der Waals surface area contributed by atoms with Crippen molar-refractivity contribution in [2.75, 3.05) is 9.80 Å². The van der Waals surface area contributed by atoms with Gasteiger partial charge in [0.2, 0.25) is 0 Å². The van der Waals surface area contributed by atoms with E-state index in [-0.39, 0.29) is 11.1 Å². The van der Waals surface area contributed by atoms with E-state index >= 15 is 0 Å². The first-order valence-corrected chi connectivity index (χ1v) is 9.99.